The van der Waals surface area contributed by atoms with E-state index in [0.29, 0.717) is 22.8 Å². The highest BCUT2D eigenvalue weighted by molar-refractivity contribution is 5.11. The number of nitrogens with two attached hydrogens (primary N) is 1. The van der Waals surface area contributed by atoms with E-state index in [1.807, 2.05) is 0 Å². The molecule has 0 radical (unpaired) electrons. The predicted molar refractivity (Wildman–Crippen MR) is 135 cm³/mol. The first-order valence-electron chi connectivity index (χ1n) is 14.1. The summed E-state index contributed by atoms with van der Waals surface area (Å²) in [5.74, 6) is 7.22. The Morgan fingerprint density at radius 2 is 1.55 bits per heavy atom. The van der Waals surface area contributed by atoms with E-state index in [1.165, 1.54) is 70.6 Å². The fourth-order valence-electron chi connectivity index (χ4n) is 10.1. The summed E-state index contributed by atoms with van der Waals surface area (Å²) in [7, 11) is 0. The zero-order chi connectivity index (χ0) is 22.4. The minimum atomic E-state index is 0.407. The van der Waals surface area contributed by atoms with Crippen LogP contribution in [0, 0.1) is 58.2 Å². The summed E-state index contributed by atoms with van der Waals surface area (Å²) in [4.78, 5) is 0. The van der Waals surface area contributed by atoms with Crippen molar-refractivity contribution >= 4 is 0 Å². The monoisotopic (exact) mass is 427 g/mol. The first-order chi connectivity index (χ1) is 14.7. The molecule has 0 aromatic rings. The Labute approximate surface area is 194 Å². The van der Waals surface area contributed by atoms with Crippen LogP contribution in [0.15, 0.2) is 12.7 Å². The normalized spacial score (nSPS) is 48.0. The van der Waals surface area contributed by atoms with Gasteiger partial charge in [-0.1, -0.05) is 60.0 Å². The second kappa shape index (κ2) is 9.15. The molecule has 4 fully saturated rings. The van der Waals surface area contributed by atoms with Gasteiger partial charge in [0.1, 0.15) is 0 Å². The van der Waals surface area contributed by atoms with Gasteiger partial charge in [-0.2, -0.15) is 0 Å². The van der Waals surface area contributed by atoms with Gasteiger partial charge in [0.15, 0.2) is 0 Å². The second-order valence-electron chi connectivity index (χ2n) is 13.5. The molecule has 4 aliphatic carbocycles. The molecule has 0 unspecified atom stereocenters. The molecule has 0 spiro atoms. The molecule has 0 bridgehead atoms. The van der Waals surface area contributed by atoms with E-state index in [4.69, 9.17) is 5.73 Å². The van der Waals surface area contributed by atoms with Crippen LogP contribution in [-0.2, 0) is 0 Å². The van der Waals surface area contributed by atoms with Gasteiger partial charge in [-0.3, -0.25) is 0 Å². The van der Waals surface area contributed by atoms with Gasteiger partial charge in [0.25, 0.3) is 0 Å². The van der Waals surface area contributed by atoms with Crippen LogP contribution in [0.3, 0.4) is 0 Å². The van der Waals surface area contributed by atoms with Gasteiger partial charge in [0.05, 0.1) is 0 Å². The lowest BCUT2D eigenvalue weighted by Gasteiger charge is -2.63. The Bertz CT molecular complexity index is 624. The van der Waals surface area contributed by atoms with Crippen molar-refractivity contribution in [3.63, 3.8) is 0 Å². The van der Waals surface area contributed by atoms with Gasteiger partial charge < -0.3 is 5.73 Å². The van der Waals surface area contributed by atoms with E-state index >= 15 is 0 Å². The van der Waals surface area contributed by atoms with Gasteiger partial charge in [-0.25, -0.2) is 0 Å². The Balaban J connectivity index is 1.49. The third kappa shape index (κ3) is 4.08. The molecule has 0 saturated heterocycles. The van der Waals surface area contributed by atoms with Gasteiger partial charge >= 0.3 is 0 Å². The van der Waals surface area contributed by atoms with Gasteiger partial charge in [0.2, 0.25) is 0 Å². The molecular formula is C30H53N. The zero-order valence-corrected chi connectivity index (χ0v) is 21.5. The minimum Gasteiger partial charge on any atom is -0.327 e. The number of allylic oxidation sites excluding steroid dienone is 1. The van der Waals surface area contributed by atoms with Gasteiger partial charge in [0, 0.05) is 6.04 Å². The van der Waals surface area contributed by atoms with E-state index in [2.05, 4.69) is 47.3 Å². The third-order valence-corrected chi connectivity index (χ3v) is 11.7. The number of hydrogen-bond donors (Lipinski definition) is 1. The van der Waals surface area contributed by atoms with Crippen LogP contribution >= 0.6 is 0 Å². The van der Waals surface area contributed by atoms with Crippen LogP contribution in [0.1, 0.15) is 112 Å². The highest BCUT2D eigenvalue weighted by atomic mass is 14.7. The molecule has 4 aliphatic rings. The summed E-state index contributed by atoms with van der Waals surface area (Å²) >= 11 is 0. The van der Waals surface area contributed by atoms with Crippen molar-refractivity contribution in [3.05, 3.63) is 12.7 Å². The Kier molecular flexibility index (Phi) is 7.04. The maximum Gasteiger partial charge on any atom is 0.00731 e. The van der Waals surface area contributed by atoms with Crippen molar-refractivity contribution in [2.24, 2.45) is 63.9 Å². The number of hydrogen-bond acceptors (Lipinski definition) is 1. The fraction of sp³-hybridized carbons (Fsp3) is 0.933. The molecule has 4 rings (SSSR count). The molecule has 0 amide bonds. The van der Waals surface area contributed by atoms with E-state index in [1.54, 1.807) is 0 Å². The Morgan fingerprint density at radius 3 is 2.26 bits per heavy atom. The molecule has 4 saturated carbocycles. The van der Waals surface area contributed by atoms with Crippen molar-refractivity contribution in [3.8, 4) is 0 Å². The second-order valence-corrected chi connectivity index (χ2v) is 13.5. The van der Waals surface area contributed by atoms with Crippen LogP contribution in [0.2, 0.25) is 0 Å². The van der Waals surface area contributed by atoms with Crippen molar-refractivity contribution in [2.75, 3.05) is 0 Å². The molecule has 0 aromatic carbocycles. The quantitative estimate of drug-likeness (QED) is 0.407. The molecule has 0 aliphatic heterocycles. The summed E-state index contributed by atoms with van der Waals surface area (Å²) in [5.41, 5.74) is 7.82. The Hall–Kier alpha value is -0.300. The molecule has 1 nitrogen and oxygen atoms in total. The maximum atomic E-state index is 6.67. The van der Waals surface area contributed by atoms with Crippen molar-refractivity contribution in [1.82, 2.24) is 0 Å². The molecule has 0 heterocycles. The standard InChI is InChI=1S/C30H53N/c1-7-9-23-26-13-12-22-25-15-14-24(21(4)11-8-10-20(2)3)29(25,5)18-16-27(22)30(26,6)19-17-28(23)31/h7,20-28H,1,8-19,31H2,2-6H3/t21-,22+,23+,24-,25+,26+,27+,28+,29-,30+/m1/s1. The molecule has 0 aromatic heterocycles. The minimum absolute atomic E-state index is 0.407. The topological polar surface area (TPSA) is 26.0 Å². The lowest BCUT2D eigenvalue weighted by molar-refractivity contribution is -0.132. The molecular weight excluding hydrogens is 374 g/mol. The van der Waals surface area contributed by atoms with Crippen molar-refractivity contribution in [1.29, 1.82) is 0 Å². The average molecular weight is 428 g/mol. The van der Waals surface area contributed by atoms with Crippen molar-refractivity contribution in [2.45, 2.75) is 118 Å². The Morgan fingerprint density at radius 1 is 0.871 bits per heavy atom. The molecule has 2 N–H and O–H groups in total. The fourth-order valence-corrected chi connectivity index (χ4v) is 10.1. The molecule has 178 valence electrons. The summed E-state index contributed by atoms with van der Waals surface area (Å²) in [6.07, 6.45) is 19.2. The molecule has 10 atom stereocenters. The summed E-state index contributed by atoms with van der Waals surface area (Å²) in [5, 5.41) is 0. The first-order valence-corrected chi connectivity index (χ1v) is 14.1. The highest BCUT2D eigenvalue weighted by Crippen LogP contribution is 2.69. The van der Waals surface area contributed by atoms with Crippen LogP contribution in [0.5, 0.6) is 0 Å². The summed E-state index contributed by atoms with van der Waals surface area (Å²) < 4.78 is 0. The lowest BCUT2D eigenvalue weighted by atomic mass is 9.42. The van der Waals surface area contributed by atoms with Crippen LogP contribution in [0.4, 0.5) is 0 Å². The van der Waals surface area contributed by atoms with Crippen LogP contribution in [0.25, 0.3) is 0 Å². The largest absolute Gasteiger partial charge is 0.327 e. The maximum absolute atomic E-state index is 6.67. The van der Waals surface area contributed by atoms with Crippen LogP contribution in [-0.4, -0.2) is 6.04 Å². The molecule has 1 heteroatoms. The molecule has 31 heavy (non-hydrogen) atoms. The van der Waals surface area contributed by atoms with Crippen molar-refractivity contribution < 1.29 is 0 Å². The zero-order valence-electron chi connectivity index (χ0n) is 21.5. The summed E-state index contributed by atoms with van der Waals surface area (Å²) in [6.45, 7) is 16.9. The predicted octanol–water partition coefficient (Wildman–Crippen LogP) is 8.24. The van der Waals surface area contributed by atoms with E-state index < -0.39 is 0 Å². The summed E-state index contributed by atoms with van der Waals surface area (Å²) in [6, 6.07) is 0.407. The SMILES string of the molecule is C=CC[C@@H]1[C@@H](N)CC[C@@]2(C)[C@H]1CC[C@@H]1[C@@H]2CC[C@]2(C)[C@@H]([C@H](C)CCCC(C)C)CC[C@@H]12. The smallest absolute Gasteiger partial charge is 0.00731 e. The van der Waals surface area contributed by atoms with Gasteiger partial charge in [-0.05, 0) is 116 Å². The van der Waals surface area contributed by atoms with E-state index in [0.717, 1.165) is 47.8 Å². The highest BCUT2D eigenvalue weighted by Gasteiger charge is 2.61. The first kappa shape index (κ1) is 23.8. The van der Waals surface area contributed by atoms with E-state index in [9.17, 15) is 0 Å². The number of rotatable bonds is 7. The third-order valence-electron chi connectivity index (χ3n) is 11.7. The number of fused-ring (bicyclic) bond motifs is 5. The van der Waals surface area contributed by atoms with Crippen LogP contribution < -0.4 is 5.73 Å². The lowest BCUT2D eigenvalue weighted by Crippen LogP contribution is -2.57. The van der Waals surface area contributed by atoms with Gasteiger partial charge in [-0.15, -0.1) is 6.58 Å². The average Bonchev–Trinajstić information content (AvgIpc) is 3.07. The van der Waals surface area contributed by atoms with E-state index in [-0.39, 0.29) is 0 Å².